The van der Waals surface area contributed by atoms with Crippen molar-refractivity contribution in [2.24, 2.45) is 5.92 Å². The summed E-state index contributed by atoms with van der Waals surface area (Å²) in [6.07, 6.45) is 2.05. The highest BCUT2D eigenvalue weighted by atomic mass is 16.5. The van der Waals surface area contributed by atoms with Crippen LogP contribution in [0.5, 0.6) is 11.5 Å². The van der Waals surface area contributed by atoms with Crippen molar-refractivity contribution in [1.29, 1.82) is 0 Å². The summed E-state index contributed by atoms with van der Waals surface area (Å²) in [5.41, 5.74) is 3.50. The van der Waals surface area contributed by atoms with Crippen LogP contribution in [0.25, 0.3) is 5.57 Å². The lowest BCUT2D eigenvalue weighted by Crippen LogP contribution is -2.51. The largest absolute Gasteiger partial charge is 0.497 e. The van der Waals surface area contributed by atoms with Gasteiger partial charge in [0.1, 0.15) is 23.0 Å². The van der Waals surface area contributed by atoms with E-state index in [-0.39, 0.29) is 17.5 Å². The average molecular weight is 571 g/mol. The zero-order chi connectivity index (χ0) is 29.9. The van der Waals surface area contributed by atoms with Crippen LogP contribution in [0.1, 0.15) is 38.8 Å². The van der Waals surface area contributed by atoms with E-state index in [4.69, 9.17) is 9.47 Å². The van der Waals surface area contributed by atoms with E-state index in [0.29, 0.717) is 33.9 Å². The average Bonchev–Trinajstić information content (AvgIpc) is 3.52. The molecule has 1 amide bonds. The normalized spacial score (nSPS) is 23.1. The molecule has 7 nitrogen and oxygen atoms in total. The maximum atomic E-state index is 15.0. The Bertz CT molecular complexity index is 1840. The number of ether oxygens (including phenoxy) is 2. The molecule has 4 atom stereocenters. The summed E-state index contributed by atoms with van der Waals surface area (Å²) in [4.78, 5) is 46.4. The number of anilines is 2. The van der Waals surface area contributed by atoms with Crippen LogP contribution in [0.2, 0.25) is 0 Å². The standard InChI is InChI=1S/C36H30N2O5/c1-21-18-30-36(27-15-5-6-16-28(27)37-35(36)41)31(33(39)22-10-8-12-24(19-22)42-2)32(38(30)29-17-7-4-14-26(21)29)34(40)23-11-9-13-25(20-23)43-3/h4-20,30-32H,1-3H3,(H,37,41)/t30-,31-,32+,36-/m0/s1. The monoisotopic (exact) mass is 570 g/mol. The summed E-state index contributed by atoms with van der Waals surface area (Å²) in [7, 11) is 3.09. The fourth-order valence-corrected chi connectivity index (χ4v) is 7.29. The first-order chi connectivity index (χ1) is 20.9. The number of carbonyl (C=O) groups excluding carboxylic acids is 3. The van der Waals surface area contributed by atoms with E-state index in [1.807, 2.05) is 60.4 Å². The smallest absolute Gasteiger partial charge is 0.238 e. The number of Topliss-reactive ketones (excluding diaryl/α,β-unsaturated/α-hetero) is 2. The van der Waals surface area contributed by atoms with Crippen LogP contribution in [0.4, 0.5) is 11.4 Å². The Hall–Kier alpha value is -5.17. The number of para-hydroxylation sites is 2. The fraction of sp³-hybridized carbons (Fsp3) is 0.194. The predicted octanol–water partition coefficient (Wildman–Crippen LogP) is 5.95. The van der Waals surface area contributed by atoms with E-state index in [1.165, 1.54) is 0 Å². The Balaban J connectivity index is 1.55. The van der Waals surface area contributed by atoms with Gasteiger partial charge in [0.15, 0.2) is 11.6 Å². The molecule has 0 radical (unpaired) electrons. The highest BCUT2D eigenvalue weighted by molar-refractivity contribution is 6.18. The Morgan fingerprint density at radius 3 is 2.12 bits per heavy atom. The number of rotatable bonds is 6. The van der Waals surface area contributed by atoms with Crippen molar-refractivity contribution < 1.29 is 23.9 Å². The van der Waals surface area contributed by atoms with Crippen molar-refractivity contribution >= 4 is 34.4 Å². The third kappa shape index (κ3) is 3.77. The lowest BCUT2D eigenvalue weighted by atomic mass is 9.64. The number of carbonyl (C=O) groups is 3. The molecular weight excluding hydrogens is 540 g/mol. The maximum absolute atomic E-state index is 15.0. The van der Waals surface area contributed by atoms with E-state index in [2.05, 4.69) is 11.4 Å². The van der Waals surface area contributed by atoms with Crippen LogP contribution < -0.4 is 19.7 Å². The molecule has 1 saturated heterocycles. The van der Waals surface area contributed by atoms with Gasteiger partial charge in [-0.05, 0) is 54.5 Å². The summed E-state index contributed by atoms with van der Waals surface area (Å²) >= 11 is 0. The van der Waals surface area contributed by atoms with E-state index in [1.54, 1.807) is 62.8 Å². The molecule has 3 heterocycles. The molecule has 3 aliphatic heterocycles. The number of hydrogen-bond donors (Lipinski definition) is 1. The van der Waals surface area contributed by atoms with Crippen molar-refractivity contribution in [3.63, 3.8) is 0 Å². The van der Waals surface area contributed by atoms with E-state index in [9.17, 15) is 14.4 Å². The predicted molar refractivity (Wildman–Crippen MR) is 165 cm³/mol. The molecular formula is C36H30N2O5. The van der Waals surface area contributed by atoms with Gasteiger partial charge < -0.3 is 19.7 Å². The Kier molecular flexibility index (Phi) is 6.20. The molecule has 3 aliphatic rings. The van der Waals surface area contributed by atoms with Crippen molar-refractivity contribution in [3.8, 4) is 11.5 Å². The van der Waals surface area contributed by atoms with Crippen molar-refractivity contribution in [2.75, 3.05) is 24.4 Å². The molecule has 4 aromatic rings. The third-order valence-corrected chi connectivity index (χ3v) is 9.14. The summed E-state index contributed by atoms with van der Waals surface area (Å²) in [6, 6.07) is 27.6. The second-order valence-corrected chi connectivity index (χ2v) is 11.2. The van der Waals surface area contributed by atoms with Crippen LogP contribution in [0, 0.1) is 5.92 Å². The second kappa shape index (κ2) is 9.98. The van der Waals surface area contributed by atoms with Gasteiger partial charge in [0.25, 0.3) is 0 Å². The molecule has 0 saturated carbocycles. The number of nitrogens with zero attached hydrogens (tertiary/aromatic N) is 1. The van der Waals surface area contributed by atoms with Crippen LogP contribution in [0.3, 0.4) is 0 Å². The molecule has 0 aromatic heterocycles. The van der Waals surface area contributed by atoms with E-state index >= 15 is 0 Å². The zero-order valence-electron chi connectivity index (χ0n) is 24.0. The number of methoxy groups -OCH3 is 2. The van der Waals surface area contributed by atoms with Gasteiger partial charge in [-0.1, -0.05) is 66.7 Å². The van der Waals surface area contributed by atoms with Crippen molar-refractivity contribution in [3.05, 3.63) is 125 Å². The van der Waals surface area contributed by atoms with Gasteiger partial charge in [0.05, 0.1) is 26.2 Å². The molecule has 1 fully saturated rings. The second-order valence-electron chi connectivity index (χ2n) is 11.2. The van der Waals surface area contributed by atoms with E-state index in [0.717, 1.165) is 16.8 Å². The summed E-state index contributed by atoms with van der Waals surface area (Å²) < 4.78 is 10.9. The fourth-order valence-electron chi connectivity index (χ4n) is 7.29. The molecule has 4 aromatic carbocycles. The lowest BCUT2D eigenvalue weighted by Gasteiger charge is -2.39. The van der Waals surface area contributed by atoms with Gasteiger partial charge in [0, 0.05) is 28.1 Å². The minimum atomic E-state index is -1.38. The zero-order valence-corrected chi connectivity index (χ0v) is 24.0. The molecule has 0 unspecified atom stereocenters. The number of allylic oxidation sites excluding steroid dienone is 1. The maximum Gasteiger partial charge on any atom is 0.238 e. The minimum Gasteiger partial charge on any atom is -0.497 e. The van der Waals surface area contributed by atoms with Crippen LogP contribution in [0.15, 0.2) is 103 Å². The van der Waals surface area contributed by atoms with Crippen molar-refractivity contribution in [1.82, 2.24) is 0 Å². The third-order valence-electron chi connectivity index (χ3n) is 9.14. The van der Waals surface area contributed by atoms with Crippen LogP contribution >= 0.6 is 0 Å². The van der Waals surface area contributed by atoms with Crippen molar-refractivity contribution in [2.45, 2.75) is 24.4 Å². The molecule has 1 N–H and O–H groups in total. The summed E-state index contributed by atoms with van der Waals surface area (Å²) in [5, 5.41) is 3.08. The number of hydrogen-bond acceptors (Lipinski definition) is 6. The molecule has 7 rings (SSSR count). The minimum absolute atomic E-state index is 0.262. The SMILES string of the molecule is COc1cccc(C(=O)[C@@H]2[C@H](C(=O)c3cccc(OC)c3)N3c4ccccc4C(C)=C[C@H]3[C@]23C(=O)Nc2ccccc23)c1. The van der Waals surface area contributed by atoms with Gasteiger partial charge in [-0.3, -0.25) is 14.4 Å². The Labute approximate surface area is 249 Å². The topological polar surface area (TPSA) is 84.9 Å². The lowest BCUT2D eigenvalue weighted by molar-refractivity contribution is -0.121. The van der Waals surface area contributed by atoms with Gasteiger partial charge in [-0.2, -0.15) is 0 Å². The summed E-state index contributed by atoms with van der Waals surface area (Å²) in [5.74, 6) is -0.878. The number of ketones is 2. The van der Waals surface area contributed by atoms with Gasteiger partial charge in [0.2, 0.25) is 5.91 Å². The molecule has 1 spiro atoms. The number of fused-ring (bicyclic) bond motifs is 6. The molecule has 0 aliphatic carbocycles. The van der Waals surface area contributed by atoms with Gasteiger partial charge in [-0.25, -0.2) is 0 Å². The van der Waals surface area contributed by atoms with Gasteiger partial charge >= 0.3 is 0 Å². The summed E-state index contributed by atoms with van der Waals surface area (Å²) in [6.45, 7) is 2.01. The molecule has 0 bridgehead atoms. The highest BCUT2D eigenvalue weighted by Gasteiger charge is 2.70. The number of amides is 1. The van der Waals surface area contributed by atoms with Crippen LogP contribution in [-0.2, 0) is 10.2 Å². The van der Waals surface area contributed by atoms with E-state index < -0.39 is 23.4 Å². The Morgan fingerprint density at radius 2 is 1.42 bits per heavy atom. The first kappa shape index (κ1) is 26.7. The molecule has 214 valence electrons. The number of benzene rings is 4. The quantitative estimate of drug-likeness (QED) is 0.289. The van der Waals surface area contributed by atoms with Crippen LogP contribution in [-0.4, -0.2) is 43.8 Å². The molecule has 43 heavy (non-hydrogen) atoms. The highest BCUT2D eigenvalue weighted by Crippen LogP contribution is 2.58. The number of nitrogens with one attached hydrogen (secondary N) is 1. The first-order valence-electron chi connectivity index (χ1n) is 14.2. The first-order valence-corrected chi connectivity index (χ1v) is 14.2. The van der Waals surface area contributed by atoms with Gasteiger partial charge in [-0.15, -0.1) is 0 Å². The Morgan fingerprint density at radius 1 is 0.791 bits per heavy atom. The molecule has 7 heteroatoms.